The van der Waals surface area contributed by atoms with Crippen molar-refractivity contribution in [3.63, 3.8) is 0 Å². The van der Waals surface area contributed by atoms with Gasteiger partial charge in [0.05, 0.1) is 6.04 Å². The van der Waals surface area contributed by atoms with Gasteiger partial charge in [0.1, 0.15) is 6.10 Å². The molecule has 0 spiro atoms. The Balaban J connectivity index is 1.47. The van der Waals surface area contributed by atoms with Gasteiger partial charge in [0.25, 0.3) is 0 Å². The van der Waals surface area contributed by atoms with Crippen LogP contribution < -0.4 is 10.2 Å². The van der Waals surface area contributed by atoms with Crippen LogP contribution >= 0.6 is 0 Å². The number of rotatable bonds is 13. The molecule has 0 heterocycles. The minimum absolute atomic E-state index is 0.0291. The summed E-state index contributed by atoms with van der Waals surface area (Å²) in [5.74, 6) is -0.0681. The van der Waals surface area contributed by atoms with Crippen molar-refractivity contribution in [3.05, 3.63) is 138 Å². The lowest BCUT2D eigenvalue weighted by molar-refractivity contribution is -0.133. The lowest BCUT2D eigenvalue weighted by Crippen LogP contribution is -2.39. The van der Waals surface area contributed by atoms with Crippen LogP contribution in [0.15, 0.2) is 115 Å². The third-order valence-corrected chi connectivity index (χ3v) is 6.74. The summed E-state index contributed by atoms with van der Waals surface area (Å²) in [5, 5.41) is 3.20. The molecule has 0 radical (unpaired) electrons. The van der Waals surface area contributed by atoms with Crippen LogP contribution in [0.3, 0.4) is 0 Å². The first-order valence-corrected chi connectivity index (χ1v) is 13.5. The molecule has 196 valence electrons. The van der Waals surface area contributed by atoms with E-state index in [2.05, 4.69) is 102 Å². The Morgan fingerprint density at radius 3 is 1.74 bits per heavy atom. The summed E-state index contributed by atoms with van der Waals surface area (Å²) in [4.78, 5) is 15.6. The highest BCUT2D eigenvalue weighted by Gasteiger charge is 2.22. The predicted octanol–water partition coefficient (Wildman–Crippen LogP) is 7.11. The molecule has 0 saturated heterocycles. The molecular weight excluding hydrogens is 468 g/mol. The van der Waals surface area contributed by atoms with E-state index in [0.29, 0.717) is 13.0 Å². The minimum Gasteiger partial charge on any atom is -0.368 e. The van der Waals surface area contributed by atoms with E-state index in [1.165, 1.54) is 11.1 Å². The molecule has 38 heavy (non-hydrogen) atoms. The molecule has 4 heteroatoms. The van der Waals surface area contributed by atoms with Crippen LogP contribution in [-0.2, 0) is 29.0 Å². The Kier molecular flexibility index (Phi) is 10.1. The third-order valence-electron chi connectivity index (χ3n) is 6.74. The first-order chi connectivity index (χ1) is 18.7. The van der Waals surface area contributed by atoms with E-state index in [4.69, 9.17) is 4.74 Å². The quantitative estimate of drug-likeness (QED) is 0.210. The van der Waals surface area contributed by atoms with Gasteiger partial charge in [0, 0.05) is 31.8 Å². The molecule has 4 nitrogen and oxygen atoms in total. The van der Waals surface area contributed by atoms with Gasteiger partial charge in [-0.25, -0.2) is 0 Å². The highest BCUT2D eigenvalue weighted by molar-refractivity contribution is 5.81. The van der Waals surface area contributed by atoms with Crippen molar-refractivity contribution in [1.82, 2.24) is 5.32 Å². The SMILES string of the molecule is CCO[C@H](Cc1ccc(N(Cc2ccccc2)Cc2ccccc2)cc1)C(=O)N[C@@H](CC)c1ccccc1. The third kappa shape index (κ3) is 7.80. The first-order valence-electron chi connectivity index (χ1n) is 13.5. The van der Waals surface area contributed by atoms with Crippen LogP contribution in [0.1, 0.15) is 48.6 Å². The van der Waals surface area contributed by atoms with Gasteiger partial charge in [-0.1, -0.05) is 110 Å². The Morgan fingerprint density at radius 1 is 0.711 bits per heavy atom. The molecule has 0 aliphatic rings. The van der Waals surface area contributed by atoms with Gasteiger partial charge in [-0.15, -0.1) is 0 Å². The molecule has 0 unspecified atom stereocenters. The summed E-state index contributed by atoms with van der Waals surface area (Å²) in [6.45, 7) is 6.14. The second kappa shape index (κ2) is 14.2. The van der Waals surface area contributed by atoms with E-state index < -0.39 is 6.10 Å². The van der Waals surface area contributed by atoms with E-state index >= 15 is 0 Å². The molecule has 4 aromatic rings. The second-order valence-corrected chi connectivity index (χ2v) is 9.52. The van der Waals surface area contributed by atoms with Crippen molar-refractivity contribution in [1.29, 1.82) is 0 Å². The maximum atomic E-state index is 13.2. The van der Waals surface area contributed by atoms with E-state index in [1.807, 2.05) is 37.3 Å². The molecule has 0 saturated carbocycles. The average Bonchev–Trinajstić information content (AvgIpc) is 2.97. The normalized spacial score (nSPS) is 12.5. The maximum absolute atomic E-state index is 13.2. The molecule has 0 fully saturated rings. The monoisotopic (exact) mass is 506 g/mol. The summed E-state index contributed by atoms with van der Waals surface area (Å²) < 4.78 is 5.90. The molecule has 1 N–H and O–H groups in total. The Hall–Kier alpha value is -3.89. The average molecular weight is 507 g/mol. The minimum atomic E-state index is -0.534. The molecular formula is C34H38N2O2. The van der Waals surface area contributed by atoms with Gasteiger partial charge >= 0.3 is 0 Å². The molecule has 0 aromatic heterocycles. The molecule has 4 rings (SSSR count). The maximum Gasteiger partial charge on any atom is 0.249 e. The van der Waals surface area contributed by atoms with Crippen molar-refractivity contribution in [3.8, 4) is 0 Å². The molecule has 0 aliphatic heterocycles. The number of nitrogens with zero attached hydrogens (tertiary/aromatic N) is 1. The number of amides is 1. The van der Waals surface area contributed by atoms with E-state index in [9.17, 15) is 4.79 Å². The summed E-state index contributed by atoms with van der Waals surface area (Å²) in [6, 6.07) is 39.7. The number of hydrogen-bond acceptors (Lipinski definition) is 3. The molecule has 0 bridgehead atoms. The number of carbonyl (C=O) groups is 1. The standard InChI is InChI=1S/C34H38N2O2/c1-3-32(30-18-12-7-13-19-30)35-34(37)33(38-4-2)24-27-20-22-31(23-21-27)36(25-28-14-8-5-9-15-28)26-29-16-10-6-11-17-29/h5-23,32-33H,3-4,24-26H2,1-2H3,(H,35,37)/t32-,33+/m0/s1. The number of ether oxygens (including phenoxy) is 1. The number of carbonyl (C=O) groups excluding carboxylic acids is 1. The van der Waals surface area contributed by atoms with E-state index in [0.717, 1.165) is 36.3 Å². The molecule has 4 aromatic carbocycles. The Bertz CT molecular complexity index is 1190. The smallest absolute Gasteiger partial charge is 0.249 e. The van der Waals surface area contributed by atoms with Crippen LogP contribution in [0, 0.1) is 0 Å². The summed E-state index contributed by atoms with van der Waals surface area (Å²) >= 11 is 0. The van der Waals surface area contributed by atoms with Crippen molar-refractivity contribution in [2.24, 2.45) is 0 Å². The van der Waals surface area contributed by atoms with E-state index in [1.54, 1.807) is 0 Å². The van der Waals surface area contributed by atoms with Gasteiger partial charge in [0.15, 0.2) is 0 Å². The largest absolute Gasteiger partial charge is 0.368 e. The summed E-state index contributed by atoms with van der Waals surface area (Å²) in [7, 11) is 0. The van der Waals surface area contributed by atoms with Gasteiger partial charge in [-0.3, -0.25) is 4.79 Å². The zero-order chi connectivity index (χ0) is 26.6. The summed E-state index contributed by atoms with van der Waals surface area (Å²) in [5.41, 5.74) is 5.87. The van der Waals surface area contributed by atoms with Gasteiger partial charge in [0.2, 0.25) is 5.91 Å². The topological polar surface area (TPSA) is 41.6 Å². The first kappa shape index (κ1) is 27.2. The Morgan fingerprint density at radius 2 is 1.24 bits per heavy atom. The molecule has 2 atom stereocenters. The lowest BCUT2D eigenvalue weighted by atomic mass is 10.0. The van der Waals surface area contributed by atoms with Gasteiger partial charge < -0.3 is 15.0 Å². The zero-order valence-corrected chi connectivity index (χ0v) is 22.4. The predicted molar refractivity (Wildman–Crippen MR) is 156 cm³/mol. The number of nitrogens with one attached hydrogen (secondary N) is 1. The van der Waals surface area contributed by atoms with E-state index in [-0.39, 0.29) is 11.9 Å². The number of benzene rings is 4. The van der Waals surface area contributed by atoms with Crippen molar-refractivity contribution >= 4 is 11.6 Å². The Labute approximate surface area is 227 Å². The fourth-order valence-electron chi connectivity index (χ4n) is 4.70. The number of hydrogen-bond donors (Lipinski definition) is 1. The van der Waals surface area contributed by atoms with Crippen LogP contribution in [0.5, 0.6) is 0 Å². The van der Waals surface area contributed by atoms with Crippen LogP contribution in [0.25, 0.3) is 0 Å². The van der Waals surface area contributed by atoms with Crippen molar-refractivity contribution in [2.45, 2.75) is 51.9 Å². The highest BCUT2D eigenvalue weighted by atomic mass is 16.5. The van der Waals surface area contributed by atoms with Crippen LogP contribution in [0.4, 0.5) is 5.69 Å². The van der Waals surface area contributed by atoms with Crippen LogP contribution in [-0.4, -0.2) is 18.6 Å². The fourth-order valence-corrected chi connectivity index (χ4v) is 4.70. The van der Waals surface area contributed by atoms with Crippen molar-refractivity contribution in [2.75, 3.05) is 11.5 Å². The summed E-state index contributed by atoms with van der Waals surface area (Å²) in [6.07, 6.45) is 0.818. The second-order valence-electron chi connectivity index (χ2n) is 9.52. The van der Waals surface area contributed by atoms with Gasteiger partial charge in [-0.05, 0) is 47.7 Å². The zero-order valence-electron chi connectivity index (χ0n) is 22.4. The highest BCUT2D eigenvalue weighted by Crippen LogP contribution is 2.22. The fraction of sp³-hybridized carbons (Fsp3) is 0.265. The van der Waals surface area contributed by atoms with Gasteiger partial charge in [-0.2, -0.15) is 0 Å². The molecule has 0 aliphatic carbocycles. The number of anilines is 1. The van der Waals surface area contributed by atoms with Crippen molar-refractivity contribution < 1.29 is 9.53 Å². The lowest BCUT2D eigenvalue weighted by Gasteiger charge is -2.26. The molecule has 1 amide bonds. The van der Waals surface area contributed by atoms with Crippen LogP contribution in [0.2, 0.25) is 0 Å².